The second kappa shape index (κ2) is 4.81. The van der Waals surface area contributed by atoms with Crippen LogP contribution < -0.4 is 0 Å². The van der Waals surface area contributed by atoms with Crippen LogP contribution in [0.25, 0.3) is 0 Å². The van der Waals surface area contributed by atoms with Crippen LogP contribution in [0, 0.1) is 17.8 Å². The van der Waals surface area contributed by atoms with Crippen molar-refractivity contribution in [3.05, 3.63) is 0 Å². The number of hydrogen-bond acceptors (Lipinski definition) is 2. The van der Waals surface area contributed by atoms with Gasteiger partial charge in [0.1, 0.15) is 6.10 Å². The first kappa shape index (κ1) is 11.5. The van der Waals surface area contributed by atoms with Crippen molar-refractivity contribution in [3.63, 3.8) is 0 Å². The van der Waals surface area contributed by atoms with Gasteiger partial charge in [-0.25, -0.2) is 0 Å². The number of carbonyl (C=O) groups excluding carboxylic acids is 1. The van der Waals surface area contributed by atoms with Gasteiger partial charge in [-0.05, 0) is 24.7 Å². The van der Waals surface area contributed by atoms with Crippen molar-refractivity contribution in [2.45, 2.75) is 53.1 Å². The van der Waals surface area contributed by atoms with Crippen molar-refractivity contribution in [2.75, 3.05) is 0 Å². The van der Waals surface area contributed by atoms with E-state index in [0.717, 1.165) is 19.3 Å². The molecule has 0 amide bonds. The predicted molar refractivity (Wildman–Crippen MR) is 56.9 cm³/mol. The molecule has 1 aliphatic heterocycles. The lowest BCUT2D eigenvalue weighted by Gasteiger charge is -2.35. The summed E-state index contributed by atoms with van der Waals surface area (Å²) in [5, 5.41) is 0. The highest BCUT2D eigenvalue weighted by molar-refractivity contribution is 5.73. The van der Waals surface area contributed by atoms with E-state index in [2.05, 4.69) is 20.8 Å². The summed E-state index contributed by atoms with van der Waals surface area (Å²) in [6.07, 6.45) is 3.45. The topological polar surface area (TPSA) is 26.3 Å². The molecule has 0 aromatic heterocycles. The highest BCUT2D eigenvalue weighted by atomic mass is 16.5. The third kappa shape index (κ3) is 2.49. The molecule has 0 saturated carbocycles. The molecule has 0 bridgehead atoms. The van der Waals surface area contributed by atoms with Crippen LogP contribution in [0.3, 0.4) is 0 Å². The van der Waals surface area contributed by atoms with Crippen LogP contribution >= 0.6 is 0 Å². The molecular weight excluding hydrogens is 176 g/mol. The van der Waals surface area contributed by atoms with Crippen LogP contribution in [-0.4, -0.2) is 12.1 Å². The second-order valence-electron chi connectivity index (χ2n) is 4.78. The van der Waals surface area contributed by atoms with Gasteiger partial charge in [-0.15, -0.1) is 0 Å². The molecule has 1 heterocycles. The molecule has 0 unspecified atom stereocenters. The van der Waals surface area contributed by atoms with E-state index >= 15 is 0 Å². The molecule has 1 fully saturated rings. The Kier molecular flexibility index (Phi) is 3.97. The number of esters is 1. The fourth-order valence-corrected chi connectivity index (χ4v) is 2.45. The Morgan fingerprint density at radius 1 is 1.50 bits per heavy atom. The average Bonchev–Trinajstić information content (AvgIpc) is 2.11. The summed E-state index contributed by atoms with van der Waals surface area (Å²) in [6.45, 7) is 8.52. The number of ether oxygens (including phenoxy) is 1. The first-order valence-electron chi connectivity index (χ1n) is 5.76. The molecule has 82 valence electrons. The van der Waals surface area contributed by atoms with E-state index in [1.54, 1.807) is 0 Å². The van der Waals surface area contributed by atoms with Gasteiger partial charge in [-0.2, -0.15) is 0 Å². The molecule has 1 aliphatic rings. The lowest BCUT2D eigenvalue weighted by Crippen LogP contribution is -2.39. The Bertz CT molecular complexity index is 196. The molecule has 0 aromatic rings. The van der Waals surface area contributed by atoms with E-state index in [1.807, 2.05) is 6.92 Å². The fourth-order valence-electron chi connectivity index (χ4n) is 2.45. The van der Waals surface area contributed by atoms with Crippen LogP contribution in [0.4, 0.5) is 0 Å². The van der Waals surface area contributed by atoms with Crippen molar-refractivity contribution in [2.24, 2.45) is 17.8 Å². The van der Waals surface area contributed by atoms with E-state index in [0.29, 0.717) is 11.8 Å². The second-order valence-corrected chi connectivity index (χ2v) is 4.78. The molecule has 0 aliphatic carbocycles. The molecule has 2 nitrogen and oxygen atoms in total. The molecule has 0 radical (unpaired) electrons. The van der Waals surface area contributed by atoms with Gasteiger partial charge in [0.2, 0.25) is 0 Å². The standard InChI is InChI=1S/C12H22O2/c1-5-6-8(2)11-9(3)7-10(4)12(13)14-11/h8-11H,5-7H2,1-4H3/t8-,9-,10-,11+/m0/s1. The largest absolute Gasteiger partial charge is 0.462 e. The summed E-state index contributed by atoms with van der Waals surface area (Å²) in [6, 6.07) is 0. The zero-order valence-electron chi connectivity index (χ0n) is 9.75. The zero-order valence-corrected chi connectivity index (χ0v) is 9.75. The highest BCUT2D eigenvalue weighted by Gasteiger charge is 2.35. The first-order valence-corrected chi connectivity index (χ1v) is 5.76. The van der Waals surface area contributed by atoms with Gasteiger partial charge in [-0.1, -0.05) is 34.1 Å². The van der Waals surface area contributed by atoms with Gasteiger partial charge in [0.15, 0.2) is 0 Å². The quantitative estimate of drug-likeness (QED) is 0.652. The smallest absolute Gasteiger partial charge is 0.308 e. The van der Waals surface area contributed by atoms with Crippen LogP contribution in [0.2, 0.25) is 0 Å². The summed E-state index contributed by atoms with van der Waals surface area (Å²) in [5.41, 5.74) is 0. The molecule has 2 heteroatoms. The van der Waals surface area contributed by atoms with Crippen molar-refractivity contribution in [1.82, 2.24) is 0 Å². The summed E-state index contributed by atoms with van der Waals surface area (Å²) in [5.74, 6) is 1.11. The Hall–Kier alpha value is -0.530. The normalized spacial score (nSPS) is 35.1. The molecule has 1 rings (SSSR count). The van der Waals surface area contributed by atoms with Crippen molar-refractivity contribution in [3.8, 4) is 0 Å². The Morgan fingerprint density at radius 2 is 2.14 bits per heavy atom. The van der Waals surface area contributed by atoms with E-state index in [4.69, 9.17) is 4.74 Å². The Labute approximate surface area is 87.0 Å². The lowest BCUT2D eigenvalue weighted by atomic mass is 9.82. The summed E-state index contributed by atoms with van der Waals surface area (Å²) in [4.78, 5) is 11.4. The van der Waals surface area contributed by atoms with Crippen LogP contribution in [-0.2, 0) is 9.53 Å². The molecule has 1 saturated heterocycles. The van der Waals surface area contributed by atoms with Crippen molar-refractivity contribution >= 4 is 5.97 Å². The summed E-state index contributed by atoms with van der Waals surface area (Å²) < 4.78 is 5.49. The van der Waals surface area contributed by atoms with Gasteiger partial charge in [0.05, 0.1) is 5.92 Å². The molecule has 0 aromatic carbocycles. The average molecular weight is 198 g/mol. The third-order valence-corrected chi connectivity index (χ3v) is 3.25. The van der Waals surface area contributed by atoms with Gasteiger partial charge >= 0.3 is 5.97 Å². The van der Waals surface area contributed by atoms with Crippen molar-refractivity contribution in [1.29, 1.82) is 0 Å². The summed E-state index contributed by atoms with van der Waals surface area (Å²) >= 11 is 0. The number of rotatable bonds is 3. The van der Waals surface area contributed by atoms with E-state index in [1.165, 1.54) is 0 Å². The van der Waals surface area contributed by atoms with Gasteiger partial charge < -0.3 is 4.74 Å². The molecule has 0 spiro atoms. The van der Waals surface area contributed by atoms with Crippen LogP contribution in [0.15, 0.2) is 0 Å². The van der Waals surface area contributed by atoms with Crippen molar-refractivity contribution < 1.29 is 9.53 Å². The number of carbonyl (C=O) groups is 1. The Morgan fingerprint density at radius 3 is 2.71 bits per heavy atom. The maximum Gasteiger partial charge on any atom is 0.308 e. The SMILES string of the molecule is CCC[C@H](C)[C@H]1OC(=O)[C@@H](C)C[C@@H]1C. The maximum absolute atomic E-state index is 11.4. The highest BCUT2D eigenvalue weighted by Crippen LogP contribution is 2.31. The third-order valence-electron chi connectivity index (χ3n) is 3.25. The number of hydrogen-bond donors (Lipinski definition) is 0. The molecule has 14 heavy (non-hydrogen) atoms. The van der Waals surface area contributed by atoms with E-state index < -0.39 is 0 Å². The van der Waals surface area contributed by atoms with E-state index in [9.17, 15) is 4.79 Å². The fraction of sp³-hybridized carbons (Fsp3) is 0.917. The predicted octanol–water partition coefficient (Wildman–Crippen LogP) is 3.01. The monoisotopic (exact) mass is 198 g/mol. The van der Waals surface area contributed by atoms with Crippen LogP contribution in [0.1, 0.15) is 47.0 Å². The van der Waals surface area contributed by atoms with Crippen LogP contribution in [0.5, 0.6) is 0 Å². The van der Waals surface area contributed by atoms with Gasteiger partial charge in [0.25, 0.3) is 0 Å². The minimum atomic E-state index is -0.00365. The molecular formula is C12H22O2. The zero-order chi connectivity index (χ0) is 10.7. The molecule has 4 atom stereocenters. The van der Waals surface area contributed by atoms with Gasteiger partial charge in [0, 0.05) is 0 Å². The minimum absolute atomic E-state index is 0.00365. The Balaban J connectivity index is 2.56. The van der Waals surface area contributed by atoms with E-state index in [-0.39, 0.29) is 18.0 Å². The summed E-state index contributed by atoms with van der Waals surface area (Å²) in [7, 11) is 0. The first-order chi connectivity index (χ1) is 6.56. The maximum atomic E-state index is 11.4. The lowest BCUT2D eigenvalue weighted by molar-refractivity contribution is -0.168. The van der Waals surface area contributed by atoms with Gasteiger partial charge in [-0.3, -0.25) is 4.79 Å². The molecule has 0 N–H and O–H groups in total. The minimum Gasteiger partial charge on any atom is -0.462 e. The number of cyclic esters (lactones) is 1.